The maximum atomic E-state index is 6.23. The molecule has 0 unspecified atom stereocenters. The predicted molar refractivity (Wildman–Crippen MR) is 161 cm³/mol. The summed E-state index contributed by atoms with van der Waals surface area (Å²) < 4.78 is 14.6. The molecule has 3 heterocycles. The molecule has 0 radical (unpaired) electrons. The van der Waals surface area contributed by atoms with Crippen LogP contribution in [0.5, 0.6) is 0 Å². The van der Waals surface area contributed by atoms with Crippen LogP contribution in [0.4, 0.5) is 0 Å². The van der Waals surface area contributed by atoms with E-state index in [1.54, 1.807) is 0 Å². The molecule has 39 heavy (non-hydrogen) atoms. The number of rotatable bonds is 2. The van der Waals surface area contributed by atoms with Crippen molar-refractivity contribution in [1.82, 2.24) is 4.57 Å². The van der Waals surface area contributed by atoms with Gasteiger partial charge < -0.3 is 13.4 Å². The van der Waals surface area contributed by atoms with E-state index in [9.17, 15) is 0 Å². The lowest BCUT2D eigenvalue weighted by molar-refractivity contribution is 0.668. The fourth-order valence-electron chi connectivity index (χ4n) is 6.19. The van der Waals surface area contributed by atoms with Gasteiger partial charge in [0.2, 0.25) is 0 Å². The SMILES string of the molecule is c1ccc2c(c1)oc1cc(-n3c4ccccc4c4cc(-c5ccc6oc7ccccc7c6c5)ccc43)ccc12. The van der Waals surface area contributed by atoms with Crippen molar-refractivity contribution < 1.29 is 8.83 Å². The van der Waals surface area contributed by atoms with Crippen LogP contribution in [0.1, 0.15) is 0 Å². The molecule has 6 aromatic carbocycles. The Hall–Kier alpha value is -5.28. The fourth-order valence-corrected chi connectivity index (χ4v) is 6.19. The molecule has 0 saturated carbocycles. The zero-order valence-corrected chi connectivity index (χ0v) is 20.9. The zero-order valence-electron chi connectivity index (χ0n) is 20.9. The minimum atomic E-state index is 0.900. The first-order valence-corrected chi connectivity index (χ1v) is 13.2. The first kappa shape index (κ1) is 20.7. The molecule has 0 atom stereocenters. The van der Waals surface area contributed by atoms with Gasteiger partial charge in [-0.2, -0.15) is 0 Å². The largest absolute Gasteiger partial charge is 0.456 e. The number of fused-ring (bicyclic) bond motifs is 9. The van der Waals surface area contributed by atoms with Crippen molar-refractivity contribution in [3.05, 3.63) is 127 Å². The van der Waals surface area contributed by atoms with E-state index in [-0.39, 0.29) is 0 Å². The van der Waals surface area contributed by atoms with Crippen molar-refractivity contribution in [3.63, 3.8) is 0 Å². The maximum absolute atomic E-state index is 6.23. The van der Waals surface area contributed by atoms with E-state index in [2.05, 4.69) is 108 Å². The van der Waals surface area contributed by atoms with Crippen LogP contribution in [0.3, 0.4) is 0 Å². The molecule has 0 spiro atoms. The van der Waals surface area contributed by atoms with E-state index in [1.807, 2.05) is 24.3 Å². The van der Waals surface area contributed by atoms with Crippen LogP contribution in [-0.4, -0.2) is 4.57 Å². The third-order valence-corrected chi connectivity index (χ3v) is 8.00. The molecule has 0 amide bonds. The zero-order chi connectivity index (χ0) is 25.5. The van der Waals surface area contributed by atoms with Gasteiger partial charge in [-0.15, -0.1) is 0 Å². The summed E-state index contributed by atoms with van der Waals surface area (Å²) in [5.41, 5.74) is 9.45. The highest BCUT2D eigenvalue weighted by Crippen LogP contribution is 2.38. The van der Waals surface area contributed by atoms with Crippen LogP contribution in [0.25, 0.3) is 82.5 Å². The number of hydrogen-bond donors (Lipinski definition) is 0. The average Bonchev–Trinajstić information content (AvgIpc) is 3.65. The van der Waals surface area contributed by atoms with Crippen LogP contribution < -0.4 is 0 Å². The predicted octanol–water partition coefficient (Wildman–Crippen LogP) is 10.2. The molecule has 3 nitrogen and oxygen atoms in total. The third-order valence-electron chi connectivity index (χ3n) is 8.00. The second-order valence-corrected chi connectivity index (χ2v) is 10.2. The third kappa shape index (κ3) is 2.93. The molecule has 3 aromatic heterocycles. The summed E-state index contributed by atoms with van der Waals surface area (Å²) >= 11 is 0. The van der Waals surface area contributed by atoms with Gasteiger partial charge in [-0.3, -0.25) is 0 Å². The van der Waals surface area contributed by atoms with Crippen molar-refractivity contribution >= 4 is 65.7 Å². The van der Waals surface area contributed by atoms with E-state index in [0.717, 1.165) is 49.6 Å². The van der Waals surface area contributed by atoms with E-state index in [0.29, 0.717) is 0 Å². The summed E-state index contributed by atoms with van der Waals surface area (Å²) in [6.07, 6.45) is 0. The first-order valence-electron chi connectivity index (χ1n) is 13.2. The quantitative estimate of drug-likeness (QED) is 0.237. The van der Waals surface area contributed by atoms with Gasteiger partial charge in [0.15, 0.2) is 0 Å². The molecule has 0 aliphatic carbocycles. The highest BCUT2D eigenvalue weighted by molar-refractivity contribution is 6.12. The Morgan fingerprint density at radius 3 is 1.74 bits per heavy atom. The van der Waals surface area contributed by atoms with Gasteiger partial charge in [0.25, 0.3) is 0 Å². The molecular formula is C36H21NO2. The van der Waals surface area contributed by atoms with Crippen molar-refractivity contribution in [3.8, 4) is 16.8 Å². The Morgan fingerprint density at radius 1 is 0.359 bits per heavy atom. The Kier molecular flexibility index (Phi) is 4.05. The van der Waals surface area contributed by atoms with E-state index in [1.165, 1.54) is 32.9 Å². The van der Waals surface area contributed by atoms with Crippen molar-refractivity contribution in [2.45, 2.75) is 0 Å². The molecular weight excluding hydrogens is 478 g/mol. The molecule has 0 aliphatic heterocycles. The van der Waals surface area contributed by atoms with Crippen LogP contribution in [0.15, 0.2) is 136 Å². The van der Waals surface area contributed by atoms with Gasteiger partial charge in [-0.25, -0.2) is 0 Å². The molecule has 0 fully saturated rings. The summed E-state index contributed by atoms with van der Waals surface area (Å²) in [5, 5.41) is 7.03. The summed E-state index contributed by atoms with van der Waals surface area (Å²) in [5.74, 6) is 0. The summed E-state index contributed by atoms with van der Waals surface area (Å²) in [6, 6.07) is 44.9. The van der Waals surface area contributed by atoms with Gasteiger partial charge in [-0.1, -0.05) is 66.7 Å². The molecule has 0 saturated heterocycles. The maximum Gasteiger partial charge on any atom is 0.137 e. The number of para-hydroxylation sites is 3. The van der Waals surface area contributed by atoms with Gasteiger partial charge in [0.1, 0.15) is 22.3 Å². The van der Waals surface area contributed by atoms with E-state index >= 15 is 0 Å². The molecule has 0 aliphatic rings. The van der Waals surface area contributed by atoms with Crippen molar-refractivity contribution in [2.75, 3.05) is 0 Å². The summed E-state index contributed by atoms with van der Waals surface area (Å²) in [6.45, 7) is 0. The van der Waals surface area contributed by atoms with Crippen LogP contribution in [0, 0.1) is 0 Å². The monoisotopic (exact) mass is 499 g/mol. The number of hydrogen-bond acceptors (Lipinski definition) is 2. The molecule has 9 aromatic rings. The summed E-state index contributed by atoms with van der Waals surface area (Å²) in [7, 11) is 0. The Morgan fingerprint density at radius 2 is 0.923 bits per heavy atom. The summed E-state index contributed by atoms with van der Waals surface area (Å²) in [4.78, 5) is 0. The number of benzene rings is 6. The Bertz CT molecular complexity index is 2400. The topological polar surface area (TPSA) is 31.2 Å². The molecule has 182 valence electrons. The fraction of sp³-hybridized carbons (Fsp3) is 0. The lowest BCUT2D eigenvalue weighted by Gasteiger charge is -2.08. The van der Waals surface area contributed by atoms with Gasteiger partial charge in [0.05, 0.1) is 11.0 Å². The lowest BCUT2D eigenvalue weighted by atomic mass is 10.0. The van der Waals surface area contributed by atoms with Crippen LogP contribution in [0.2, 0.25) is 0 Å². The minimum absolute atomic E-state index is 0.900. The second-order valence-electron chi connectivity index (χ2n) is 10.2. The highest BCUT2D eigenvalue weighted by atomic mass is 16.3. The van der Waals surface area contributed by atoms with Crippen LogP contribution >= 0.6 is 0 Å². The smallest absolute Gasteiger partial charge is 0.137 e. The Labute approximate surface area is 223 Å². The molecule has 0 bridgehead atoms. The second kappa shape index (κ2) is 7.62. The van der Waals surface area contributed by atoms with Crippen molar-refractivity contribution in [2.24, 2.45) is 0 Å². The number of furan rings is 2. The molecule has 9 rings (SSSR count). The highest BCUT2D eigenvalue weighted by Gasteiger charge is 2.16. The number of aromatic nitrogens is 1. The molecule has 0 N–H and O–H groups in total. The van der Waals surface area contributed by atoms with Crippen LogP contribution in [-0.2, 0) is 0 Å². The normalized spacial score (nSPS) is 12.1. The first-order chi connectivity index (χ1) is 19.3. The van der Waals surface area contributed by atoms with Crippen molar-refractivity contribution in [1.29, 1.82) is 0 Å². The Balaban J connectivity index is 1.26. The average molecular weight is 500 g/mol. The van der Waals surface area contributed by atoms with Gasteiger partial charge >= 0.3 is 0 Å². The van der Waals surface area contributed by atoms with Gasteiger partial charge in [0, 0.05) is 44.1 Å². The van der Waals surface area contributed by atoms with Gasteiger partial charge in [-0.05, 0) is 65.7 Å². The standard InChI is InChI=1S/C36H21NO2/c1-4-10-31-25(7-1)29-19-22(23-14-18-35-30(20-23)27-9-3-6-12-34(27)38-35)13-17-32(29)37(31)24-15-16-28-26-8-2-5-11-33(26)39-36(28)21-24/h1-21H. The lowest BCUT2D eigenvalue weighted by Crippen LogP contribution is -1.93. The van der Waals surface area contributed by atoms with E-state index in [4.69, 9.17) is 8.83 Å². The number of nitrogens with zero attached hydrogens (tertiary/aromatic N) is 1. The van der Waals surface area contributed by atoms with E-state index < -0.39 is 0 Å². The minimum Gasteiger partial charge on any atom is -0.456 e. The molecule has 3 heteroatoms.